The van der Waals surface area contributed by atoms with E-state index in [0.717, 1.165) is 41.6 Å². The van der Waals surface area contributed by atoms with Crippen molar-refractivity contribution < 1.29 is 9.59 Å². The van der Waals surface area contributed by atoms with Crippen molar-refractivity contribution in [2.45, 2.75) is 37.6 Å². The van der Waals surface area contributed by atoms with Crippen molar-refractivity contribution in [1.82, 2.24) is 25.2 Å². The molecule has 1 saturated carbocycles. The predicted octanol–water partition coefficient (Wildman–Crippen LogP) is 5.55. The molecule has 7 nitrogen and oxygen atoms in total. The molecule has 0 bridgehead atoms. The Morgan fingerprint density at radius 1 is 0.944 bits per heavy atom. The Morgan fingerprint density at radius 2 is 1.67 bits per heavy atom. The molecule has 184 valence electrons. The highest BCUT2D eigenvalue weighted by atomic mass is 35.5. The van der Waals surface area contributed by atoms with Crippen LogP contribution in [0.3, 0.4) is 0 Å². The van der Waals surface area contributed by atoms with E-state index in [9.17, 15) is 9.59 Å². The first-order valence-electron chi connectivity index (χ1n) is 11.9. The summed E-state index contributed by atoms with van der Waals surface area (Å²) < 4.78 is 1.64. The smallest absolute Gasteiger partial charge is 0.257 e. The highest BCUT2D eigenvalue weighted by molar-refractivity contribution is 6.33. The summed E-state index contributed by atoms with van der Waals surface area (Å²) >= 11 is 12.7. The topological polar surface area (TPSA) is 88.4 Å². The monoisotopic (exact) mass is 521 g/mol. The summed E-state index contributed by atoms with van der Waals surface area (Å²) in [4.78, 5) is 30.9. The minimum atomic E-state index is -0.936. The highest BCUT2D eigenvalue weighted by Gasteiger charge is 2.41. The Labute approximate surface area is 218 Å². The normalized spacial score (nSPS) is 15.0. The van der Waals surface area contributed by atoms with Gasteiger partial charge in [-0.15, -0.1) is 0 Å². The minimum absolute atomic E-state index is 0.178. The average molecular weight is 522 g/mol. The molecule has 2 aromatic heterocycles. The van der Waals surface area contributed by atoms with Crippen molar-refractivity contribution in [2.24, 2.45) is 0 Å². The molecule has 0 radical (unpaired) electrons. The lowest BCUT2D eigenvalue weighted by molar-refractivity contribution is -0.128. The molecule has 4 aromatic rings. The van der Waals surface area contributed by atoms with Crippen molar-refractivity contribution >= 4 is 40.7 Å². The maximum absolute atomic E-state index is 13.5. The van der Waals surface area contributed by atoms with Gasteiger partial charge < -0.3 is 10.6 Å². The second-order valence-corrected chi connectivity index (χ2v) is 9.82. The standard InChI is InChI=1S/C27H25Cl2N5O2/c1-30-26(36)27(13-5-2-6-14-27)33-25(35)21-16-32-34-23(17-9-11-18(28)12-10-17)20(15-31-24(21)34)19-7-3-4-8-22(19)29/h3-4,7-12,15-16H,2,5-6,13-14H2,1H3,(H,30,36)(H,33,35). The molecule has 36 heavy (non-hydrogen) atoms. The lowest BCUT2D eigenvalue weighted by atomic mass is 9.80. The first-order chi connectivity index (χ1) is 17.4. The number of hydrogen-bond donors (Lipinski definition) is 2. The largest absolute Gasteiger partial charge is 0.357 e. The fourth-order valence-corrected chi connectivity index (χ4v) is 5.30. The number of nitrogens with one attached hydrogen (secondary N) is 2. The molecule has 0 saturated heterocycles. The van der Waals surface area contributed by atoms with Gasteiger partial charge in [0.25, 0.3) is 5.91 Å². The van der Waals surface area contributed by atoms with Crippen molar-refractivity contribution in [2.75, 3.05) is 7.05 Å². The summed E-state index contributed by atoms with van der Waals surface area (Å²) in [6.45, 7) is 0. The number of carbonyl (C=O) groups is 2. The first-order valence-corrected chi connectivity index (χ1v) is 12.6. The van der Waals surface area contributed by atoms with Gasteiger partial charge >= 0.3 is 0 Å². The van der Waals surface area contributed by atoms with E-state index < -0.39 is 5.54 Å². The summed E-state index contributed by atoms with van der Waals surface area (Å²) in [5, 5.41) is 11.5. The van der Waals surface area contributed by atoms with Crippen LogP contribution in [0.1, 0.15) is 42.5 Å². The Bertz CT molecular complexity index is 1440. The Kier molecular flexibility index (Phi) is 6.69. The van der Waals surface area contributed by atoms with Gasteiger partial charge in [0.15, 0.2) is 5.65 Å². The van der Waals surface area contributed by atoms with Gasteiger partial charge in [0.1, 0.15) is 11.1 Å². The Balaban J connectivity index is 1.64. The maximum atomic E-state index is 13.5. The van der Waals surface area contributed by atoms with Crippen LogP contribution >= 0.6 is 23.2 Å². The summed E-state index contributed by atoms with van der Waals surface area (Å²) in [6.07, 6.45) is 7.19. The first kappa shape index (κ1) is 24.3. The molecule has 0 unspecified atom stereocenters. The number of aromatic nitrogens is 3. The maximum Gasteiger partial charge on any atom is 0.257 e. The van der Waals surface area contributed by atoms with Crippen molar-refractivity contribution in [1.29, 1.82) is 0 Å². The number of halogens is 2. The Hall–Kier alpha value is -3.42. The van der Waals surface area contributed by atoms with E-state index in [-0.39, 0.29) is 11.8 Å². The van der Waals surface area contributed by atoms with Crippen molar-refractivity contribution in [3.63, 3.8) is 0 Å². The summed E-state index contributed by atoms with van der Waals surface area (Å²) in [5.74, 6) is -0.557. The molecular formula is C27H25Cl2N5O2. The molecule has 0 aliphatic heterocycles. The van der Waals surface area contributed by atoms with Crippen LogP contribution in [-0.4, -0.2) is 39.0 Å². The van der Waals surface area contributed by atoms with E-state index >= 15 is 0 Å². The number of amides is 2. The molecule has 2 amide bonds. The third-order valence-corrected chi connectivity index (χ3v) is 7.36. The van der Waals surface area contributed by atoms with Crippen LogP contribution < -0.4 is 10.6 Å². The van der Waals surface area contributed by atoms with Gasteiger partial charge in [-0.1, -0.05) is 72.8 Å². The highest BCUT2D eigenvalue weighted by Crippen LogP contribution is 2.37. The van der Waals surface area contributed by atoms with Gasteiger partial charge in [0, 0.05) is 40.0 Å². The third-order valence-electron chi connectivity index (χ3n) is 6.77. The van der Waals surface area contributed by atoms with Gasteiger partial charge in [0.2, 0.25) is 5.91 Å². The lowest BCUT2D eigenvalue weighted by Gasteiger charge is -2.36. The van der Waals surface area contributed by atoms with Gasteiger partial charge in [-0.2, -0.15) is 5.10 Å². The predicted molar refractivity (Wildman–Crippen MR) is 141 cm³/mol. The van der Waals surface area contributed by atoms with E-state index in [1.54, 1.807) is 29.9 Å². The van der Waals surface area contributed by atoms with E-state index in [4.69, 9.17) is 23.2 Å². The van der Waals surface area contributed by atoms with Crippen molar-refractivity contribution in [3.8, 4) is 22.4 Å². The lowest BCUT2D eigenvalue weighted by Crippen LogP contribution is -2.59. The average Bonchev–Trinajstić information content (AvgIpc) is 3.33. The quantitative estimate of drug-likeness (QED) is 0.360. The Morgan fingerprint density at radius 3 is 2.36 bits per heavy atom. The van der Waals surface area contributed by atoms with Gasteiger partial charge in [0.05, 0.1) is 11.9 Å². The second-order valence-electron chi connectivity index (χ2n) is 8.98. The van der Waals surface area contributed by atoms with Crippen LogP contribution in [0.5, 0.6) is 0 Å². The molecule has 2 N–H and O–H groups in total. The fraction of sp³-hybridized carbons (Fsp3) is 0.259. The fourth-order valence-electron chi connectivity index (χ4n) is 4.94. The van der Waals surface area contributed by atoms with Crippen LogP contribution in [0.25, 0.3) is 28.0 Å². The minimum Gasteiger partial charge on any atom is -0.357 e. The molecule has 9 heteroatoms. The van der Waals surface area contributed by atoms with Gasteiger partial charge in [-0.3, -0.25) is 9.59 Å². The van der Waals surface area contributed by atoms with E-state index in [1.165, 1.54) is 6.20 Å². The van der Waals surface area contributed by atoms with Crippen LogP contribution in [0.2, 0.25) is 10.0 Å². The van der Waals surface area contributed by atoms with E-state index in [0.29, 0.717) is 34.1 Å². The van der Waals surface area contributed by atoms with Crippen LogP contribution in [0, 0.1) is 0 Å². The molecule has 2 heterocycles. The van der Waals surface area contributed by atoms with Crippen LogP contribution in [0.15, 0.2) is 60.9 Å². The summed E-state index contributed by atoms with van der Waals surface area (Å²) in [7, 11) is 1.59. The molecule has 1 fully saturated rings. The number of benzene rings is 2. The number of likely N-dealkylation sites (N-methyl/N-ethyl adjacent to an activating group) is 1. The van der Waals surface area contributed by atoms with Crippen molar-refractivity contribution in [3.05, 3.63) is 76.5 Å². The zero-order chi connectivity index (χ0) is 25.3. The van der Waals surface area contributed by atoms with E-state index in [2.05, 4.69) is 20.7 Å². The molecule has 2 aromatic carbocycles. The number of carbonyl (C=O) groups excluding carboxylic acids is 2. The number of hydrogen-bond acceptors (Lipinski definition) is 4. The number of rotatable bonds is 5. The summed E-state index contributed by atoms with van der Waals surface area (Å²) in [5.41, 5.74) is 2.86. The molecular weight excluding hydrogens is 497 g/mol. The van der Waals surface area contributed by atoms with Crippen LogP contribution in [0.4, 0.5) is 0 Å². The molecule has 1 aliphatic rings. The number of nitrogens with zero attached hydrogens (tertiary/aromatic N) is 3. The molecule has 5 rings (SSSR count). The summed E-state index contributed by atoms with van der Waals surface area (Å²) in [6, 6.07) is 14.9. The third kappa shape index (κ3) is 4.33. The van der Waals surface area contributed by atoms with Gasteiger partial charge in [-0.05, 0) is 31.0 Å². The molecule has 0 atom stereocenters. The molecule has 1 aliphatic carbocycles. The van der Waals surface area contributed by atoms with Gasteiger partial charge in [-0.25, -0.2) is 9.50 Å². The second kappa shape index (κ2) is 9.91. The molecule has 0 spiro atoms. The SMILES string of the molecule is CNC(=O)C1(NC(=O)c2cnn3c(-c4ccc(Cl)cc4)c(-c4ccccc4Cl)cnc23)CCCCC1. The zero-order valence-electron chi connectivity index (χ0n) is 19.7. The zero-order valence-corrected chi connectivity index (χ0v) is 21.2. The van der Waals surface area contributed by atoms with Crippen LogP contribution in [-0.2, 0) is 4.79 Å². The number of fused-ring (bicyclic) bond motifs is 1. The van der Waals surface area contributed by atoms with E-state index in [1.807, 2.05) is 36.4 Å².